The maximum Gasteiger partial charge on any atom is 0.356 e. The molecule has 2 rings (SSSR count). The minimum atomic E-state index is -1.03. The minimum absolute atomic E-state index is 0.0337. The lowest BCUT2D eigenvalue weighted by Gasteiger charge is -1.98. The van der Waals surface area contributed by atoms with E-state index in [9.17, 15) is 4.79 Å². The van der Waals surface area contributed by atoms with Gasteiger partial charge in [0.05, 0.1) is 0 Å². The second-order valence-electron chi connectivity index (χ2n) is 2.69. The first-order chi connectivity index (χ1) is 7.25. The number of carbonyl (C=O) groups is 1. The highest BCUT2D eigenvalue weighted by Crippen LogP contribution is 2.17. The average molecular weight is 221 g/mol. The summed E-state index contributed by atoms with van der Waals surface area (Å²) in [7, 11) is 0. The van der Waals surface area contributed by atoms with Crippen LogP contribution in [0.2, 0.25) is 0 Å². The molecule has 5 nitrogen and oxygen atoms in total. The first-order valence-electron chi connectivity index (χ1n) is 4.13. The predicted octanol–water partition coefficient (Wildman–Crippen LogP) is 1.53. The first-order valence-corrected chi connectivity index (χ1v) is 4.90. The summed E-state index contributed by atoms with van der Waals surface area (Å²) in [5.41, 5.74) is 0.0337. The maximum atomic E-state index is 10.6. The maximum absolute atomic E-state index is 10.6. The third-order valence-electron chi connectivity index (χ3n) is 1.62. The van der Waals surface area contributed by atoms with Crippen LogP contribution in [0.15, 0.2) is 41.7 Å². The van der Waals surface area contributed by atoms with Gasteiger partial charge in [-0.2, -0.15) is 5.10 Å². The van der Waals surface area contributed by atoms with Gasteiger partial charge in [-0.15, -0.1) is 0 Å². The van der Waals surface area contributed by atoms with Crippen LogP contribution < -0.4 is 0 Å². The van der Waals surface area contributed by atoms with Gasteiger partial charge in [0, 0.05) is 35.4 Å². The fraction of sp³-hybridized carbons (Fsp3) is 0. The van der Waals surface area contributed by atoms with E-state index in [1.165, 1.54) is 22.1 Å². The Balaban J connectivity index is 2.15. The van der Waals surface area contributed by atoms with Gasteiger partial charge in [-0.3, -0.25) is 4.98 Å². The number of carboxylic acids is 1. The molecule has 0 saturated carbocycles. The summed E-state index contributed by atoms with van der Waals surface area (Å²) in [5.74, 6) is -1.03. The zero-order valence-corrected chi connectivity index (χ0v) is 8.39. The van der Waals surface area contributed by atoms with Crippen molar-refractivity contribution in [2.45, 2.75) is 4.90 Å². The summed E-state index contributed by atoms with van der Waals surface area (Å²) in [6, 6.07) is 5.13. The van der Waals surface area contributed by atoms with E-state index in [-0.39, 0.29) is 5.69 Å². The van der Waals surface area contributed by atoms with Gasteiger partial charge in [0.1, 0.15) is 0 Å². The fourth-order valence-electron chi connectivity index (χ4n) is 0.981. The Hall–Kier alpha value is -1.82. The molecular formula is C9H7N3O2S. The Bertz CT molecular complexity index is 469. The van der Waals surface area contributed by atoms with Crippen molar-refractivity contribution >= 4 is 17.9 Å². The number of hydrogen-bond acceptors (Lipinski definition) is 4. The molecule has 0 aliphatic rings. The molecule has 2 aromatic rings. The summed E-state index contributed by atoms with van der Waals surface area (Å²) >= 11 is 1.31. The van der Waals surface area contributed by atoms with E-state index >= 15 is 0 Å². The lowest BCUT2D eigenvalue weighted by molar-refractivity contribution is 0.0690. The Labute approximate surface area is 89.9 Å². The third-order valence-corrected chi connectivity index (χ3v) is 2.46. The monoisotopic (exact) mass is 221 g/mol. The Morgan fingerprint density at radius 3 is 2.93 bits per heavy atom. The van der Waals surface area contributed by atoms with Gasteiger partial charge in [-0.1, -0.05) is 0 Å². The van der Waals surface area contributed by atoms with Crippen LogP contribution in [0.5, 0.6) is 0 Å². The molecular weight excluding hydrogens is 214 g/mol. The Kier molecular flexibility index (Phi) is 2.68. The van der Waals surface area contributed by atoms with Crippen LogP contribution >= 0.6 is 11.9 Å². The van der Waals surface area contributed by atoms with E-state index in [1.807, 2.05) is 12.1 Å². The van der Waals surface area contributed by atoms with Gasteiger partial charge in [0.2, 0.25) is 0 Å². The summed E-state index contributed by atoms with van der Waals surface area (Å²) in [6.45, 7) is 0. The highest BCUT2D eigenvalue weighted by Gasteiger charge is 2.06. The molecule has 2 heterocycles. The van der Waals surface area contributed by atoms with Crippen molar-refractivity contribution in [3.05, 3.63) is 42.5 Å². The van der Waals surface area contributed by atoms with Gasteiger partial charge in [0.25, 0.3) is 0 Å². The molecule has 2 aromatic heterocycles. The van der Waals surface area contributed by atoms with E-state index < -0.39 is 5.97 Å². The minimum Gasteiger partial charge on any atom is -0.476 e. The average Bonchev–Trinajstić information content (AvgIpc) is 2.68. The molecule has 0 unspecified atom stereocenters. The smallest absolute Gasteiger partial charge is 0.356 e. The molecule has 0 fully saturated rings. The van der Waals surface area contributed by atoms with Crippen LogP contribution in [0.25, 0.3) is 0 Å². The highest BCUT2D eigenvalue weighted by molar-refractivity contribution is 7.97. The van der Waals surface area contributed by atoms with E-state index in [0.717, 1.165) is 4.90 Å². The number of aromatic carboxylic acids is 1. The molecule has 1 N–H and O–H groups in total. The predicted molar refractivity (Wildman–Crippen MR) is 54.7 cm³/mol. The van der Waals surface area contributed by atoms with Crippen LogP contribution in [0.1, 0.15) is 10.5 Å². The molecule has 0 amide bonds. The number of rotatable bonds is 3. The van der Waals surface area contributed by atoms with Crippen molar-refractivity contribution in [2.24, 2.45) is 0 Å². The van der Waals surface area contributed by atoms with Crippen molar-refractivity contribution < 1.29 is 9.90 Å². The highest BCUT2D eigenvalue weighted by atomic mass is 32.2. The summed E-state index contributed by atoms with van der Waals surface area (Å²) in [5, 5.41) is 12.5. The van der Waals surface area contributed by atoms with Crippen molar-refractivity contribution in [1.82, 2.24) is 14.2 Å². The van der Waals surface area contributed by atoms with Crippen molar-refractivity contribution in [2.75, 3.05) is 0 Å². The number of aromatic nitrogens is 3. The zero-order valence-electron chi connectivity index (χ0n) is 7.57. The molecule has 0 saturated heterocycles. The standard InChI is InChI=1S/C9H7N3O2S/c13-9(14)8-3-5-12(11-8)15-7-2-1-4-10-6-7/h1-6H,(H,13,14). The Morgan fingerprint density at radius 1 is 1.47 bits per heavy atom. The topological polar surface area (TPSA) is 68.0 Å². The van der Waals surface area contributed by atoms with Gasteiger partial charge in [-0.25, -0.2) is 8.88 Å². The van der Waals surface area contributed by atoms with Crippen molar-refractivity contribution in [1.29, 1.82) is 0 Å². The second kappa shape index (κ2) is 4.14. The molecule has 0 aromatic carbocycles. The SMILES string of the molecule is O=C(O)c1ccn(Sc2cccnc2)n1. The number of carboxylic acid groups (broad SMARTS) is 1. The molecule has 0 bridgehead atoms. The fourth-order valence-corrected chi connectivity index (χ4v) is 1.70. The molecule has 0 aliphatic heterocycles. The molecule has 0 aliphatic carbocycles. The van der Waals surface area contributed by atoms with E-state index in [4.69, 9.17) is 5.11 Å². The largest absolute Gasteiger partial charge is 0.476 e. The van der Waals surface area contributed by atoms with Crippen LogP contribution in [-0.4, -0.2) is 25.2 Å². The first kappa shape index (κ1) is 9.72. The van der Waals surface area contributed by atoms with Gasteiger partial charge in [-0.05, 0) is 18.2 Å². The molecule has 6 heteroatoms. The van der Waals surface area contributed by atoms with Crippen LogP contribution in [-0.2, 0) is 0 Å². The number of pyridine rings is 1. The third kappa shape index (κ3) is 2.35. The van der Waals surface area contributed by atoms with Crippen LogP contribution in [0, 0.1) is 0 Å². The molecule has 76 valence electrons. The summed E-state index contributed by atoms with van der Waals surface area (Å²) in [6.07, 6.45) is 4.96. The lowest BCUT2D eigenvalue weighted by Crippen LogP contribution is -1.98. The van der Waals surface area contributed by atoms with Crippen molar-refractivity contribution in [3.8, 4) is 0 Å². The van der Waals surface area contributed by atoms with E-state index in [2.05, 4.69) is 10.1 Å². The van der Waals surface area contributed by atoms with E-state index in [0.29, 0.717) is 0 Å². The number of hydrogen-bond donors (Lipinski definition) is 1. The van der Waals surface area contributed by atoms with Gasteiger partial charge < -0.3 is 5.11 Å². The summed E-state index contributed by atoms with van der Waals surface area (Å²) < 4.78 is 1.49. The second-order valence-corrected chi connectivity index (χ2v) is 3.72. The normalized spacial score (nSPS) is 10.1. The summed E-state index contributed by atoms with van der Waals surface area (Å²) in [4.78, 5) is 15.4. The van der Waals surface area contributed by atoms with Crippen LogP contribution in [0.4, 0.5) is 0 Å². The number of nitrogens with zero attached hydrogens (tertiary/aromatic N) is 3. The van der Waals surface area contributed by atoms with Crippen LogP contribution in [0.3, 0.4) is 0 Å². The molecule has 0 spiro atoms. The quantitative estimate of drug-likeness (QED) is 0.851. The van der Waals surface area contributed by atoms with Crippen molar-refractivity contribution in [3.63, 3.8) is 0 Å². The zero-order chi connectivity index (χ0) is 10.7. The Morgan fingerprint density at radius 2 is 2.33 bits per heavy atom. The lowest BCUT2D eigenvalue weighted by atomic mass is 10.5. The van der Waals surface area contributed by atoms with E-state index in [1.54, 1.807) is 18.6 Å². The van der Waals surface area contributed by atoms with Gasteiger partial charge >= 0.3 is 5.97 Å². The molecule has 0 radical (unpaired) electrons. The molecule has 0 atom stereocenters. The molecule has 15 heavy (non-hydrogen) atoms. The van der Waals surface area contributed by atoms with Gasteiger partial charge in [0.15, 0.2) is 5.69 Å².